The molecule has 5 nitrogen and oxygen atoms in total. The van der Waals surface area contributed by atoms with Crippen LogP contribution in [0.15, 0.2) is 78.9 Å². The van der Waals surface area contributed by atoms with Gasteiger partial charge in [-0.3, -0.25) is 9.59 Å². The third-order valence-corrected chi connectivity index (χ3v) is 4.62. The molecule has 2 N–H and O–H groups in total. The summed E-state index contributed by atoms with van der Waals surface area (Å²) in [4.78, 5) is 24.8. The molecule has 6 heteroatoms. The van der Waals surface area contributed by atoms with Crippen molar-refractivity contribution < 1.29 is 14.3 Å². The zero-order valence-corrected chi connectivity index (χ0v) is 16.6. The van der Waals surface area contributed by atoms with Gasteiger partial charge in [0.15, 0.2) is 0 Å². The van der Waals surface area contributed by atoms with Crippen molar-refractivity contribution in [1.82, 2.24) is 10.6 Å². The van der Waals surface area contributed by atoms with Gasteiger partial charge < -0.3 is 15.4 Å². The van der Waals surface area contributed by atoms with E-state index in [4.69, 9.17) is 16.3 Å². The Hall–Kier alpha value is -3.31. The van der Waals surface area contributed by atoms with E-state index in [1.165, 1.54) is 0 Å². The van der Waals surface area contributed by atoms with Gasteiger partial charge in [0, 0.05) is 10.6 Å². The van der Waals surface area contributed by atoms with Crippen LogP contribution in [0.1, 0.15) is 27.5 Å². The Bertz CT molecular complexity index is 975. The first-order valence-corrected chi connectivity index (χ1v) is 9.46. The molecule has 148 valence electrons. The second-order valence-corrected chi connectivity index (χ2v) is 6.81. The van der Waals surface area contributed by atoms with Gasteiger partial charge in [0.25, 0.3) is 5.91 Å². The fourth-order valence-electron chi connectivity index (χ4n) is 2.91. The summed E-state index contributed by atoms with van der Waals surface area (Å²) in [6, 6.07) is 23.4. The quantitative estimate of drug-likeness (QED) is 0.621. The first-order valence-electron chi connectivity index (χ1n) is 9.09. The third-order valence-electron chi connectivity index (χ3n) is 4.38. The predicted octanol–water partition coefficient (Wildman–Crippen LogP) is 3.98. The number of benzene rings is 3. The number of rotatable bonds is 7. The Kier molecular flexibility index (Phi) is 6.87. The van der Waals surface area contributed by atoms with E-state index in [0.717, 1.165) is 16.9 Å². The van der Waals surface area contributed by atoms with Crippen LogP contribution < -0.4 is 15.4 Å². The highest BCUT2D eigenvalue weighted by molar-refractivity contribution is 6.30. The zero-order valence-electron chi connectivity index (χ0n) is 15.9. The minimum atomic E-state index is -0.358. The van der Waals surface area contributed by atoms with Crippen molar-refractivity contribution >= 4 is 23.4 Å². The molecule has 0 bridgehead atoms. The molecule has 1 unspecified atom stereocenters. The number of methoxy groups -OCH3 is 1. The molecule has 1 atom stereocenters. The van der Waals surface area contributed by atoms with Crippen molar-refractivity contribution in [3.8, 4) is 5.75 Å². The van der Waals surface area contributed by atoms with Gasteiger partial charge in [-0.15, -0.1) is 0 Å². The van der Waals surface area contributed by atoms with E-state index in [9.17, 15) is 9.59 Å². The number of carbonyl (C=O) groups excluding carboxylic acids is 2. The summed E-state index contributed by atoms with van der Waals surface area (Å²) in [5.74, 6) is 0.0779. The van der Waals surface area contributed by atoms with Crippen LogP contribution in [-0.4, -0.2) is 25.5 Å². The maximum Gasteiger partial charge on any atom is 0.251 e. The van der Waals surface area contributed by atoms with E-state index < -0.39 is 0 Å². The van der Waals surface area contributed by atoms with Gasteiger partial charge in [-0.2, -0.15) is 0 Å². The van der Waals surface area contributed by atoms with Gasteiger partial charge in [-0.05, 0) is 41.5 Å². The maximum absolute atomic E-state index is 12.5. The highest BCUT2D eigenvalue weighted by atomic mass is 35.5. The molecule has 0 fully saturated rings. The van der Waals surface area contributed by atoms with Gasteiger partial charge in [0.1, 0.15) is 5.75 Å². The van der Waals surface area contributed by atoms with E-state index in [1.807, 2.05) is 54.6 Å². The second kappa shape index (κ2) is 9.75. The fourth-order valence-corrected chi connectivity index (χ4v) is 3.10. The van der Waals surface area contributed by atoms with Crippen molar-refractivity contribution in [3.63, 3.8) is 0 Å². The van der Waals surface area contributed by atoms with Crippen LogP contribution in [-0.2, 0) is 4.79 Å². The van der Waals surface area contributed by atoms with Gasteiger partial charge in [0.2, 0.25) is 5.91 Å². The SMILES string of the molecule is COc1ccc(C(NC(=O)CNC(=O)c2cccc(Cl)c2)c2ccccc2)cc1. The molecule has 0 aliphatic heterocycles. The highest BCUT2D eigenvalue weighted by Gasteiger charge is 2.17. The predicted molar refractivity (Wildman–Crippen MR) is 113 cm³/mol. The smallest absolute Gasteiger partial charge is 0.251 e. The second-order valence-electron chi connectivity index (χ2n) is 6.38. The van der Waals surface area contributed by atoms with Crippen LogP contribution in [0.2, 0.25) is 5.02 Å². The normalized spacial score (nSPS) is 11.4. The molecule has 0 aliphatic carbocycles. The maximum atomic E-state index is 12.5. The van der Waals surface area contributed by atoms with E-state index in [0.29, 0.717) is 10.6 Å². The highest BCUT2D eigenvalue weighted by Crippen LogP contribution is 2.24. The first kappa shape index (κ1) is 20.4. The number of hydrogen-bond donors (Lipinski definition) is 2. The molecule has 3 aromatic carbocycles. The molecule has 29 heavy (non-hydrogen) atoms. The number of amides is 2. The van der Waals surface area contributed by atoms with Crippen LogP contribution in [0.4, 0.5) is 0 Å². The molecule has 3 rings (SSSR count). The summed E-state index contributed by atoms with van der Waals surface area (Å²) in [6.45, 7) is -0.148. The summed E-state index contributed by atoms with van der Waals surface area (Å²) in [7, 11) is 1.61. The zero-order chi connectivity index (χ0) is 20.6. The van der Waals surface area contributed by atoms with Crippen molar-refractivity contribution in [1.29, 1.82) is 0 Å². The van der Waals surface area contributed by atoms with E-state index >= 15 is 0 Å². The lowest BCUT2D eigenvalue weighted by atomic mass is 9.98. The van der Waals surface area contributed by atoms with Crippen LogP contribution in [0.5, 0.6) is 5.75 Å². The number of carbonyl (C=O) groups is 2. The van der Waals surface area contributed by atoms with Crippen molar-refractivity contribution in [3.05, 3.63) is 101 Å². The summed E-state index contributed by atoms with van der Waals surface area (Å²) in [5.41, 5.74) is 2.25. The Balaban J connectivity index is 1.70. The standard InChI is InChI=1S/C23H21ClN2O3/c1-29-20-12-10-17(11-13-20)22(16-6-3-2-4-7-16)26-21(27)15-25-23(28)18-8-5-9-19(24)14-18/h2-14,22H,15H2,1H3,(H,25,28)(H,26,27). The van der Waals surface area contributed by atoms with Crippen LogP contribution in [0, 0.1) is 0 Å². The average molecular weight is 409 g/mol. The lowest BCUT2D eigenvalue weighted by Gasteiger charge is -2.20. The van der Waals surface area contributed by atoms with Gasteiger partial charge in [-0.25, -0.2) is 0 Å². The molecule has 0 saturated heterocycles. The molecule has 0 radical (unpaired) electrons. The molecule has 0 heterocycles. The topological polar surface area (TPSA) is 67.4 Å². The number of nitrogens with one attached hydrogen (secondary N) is 2. The Morgan fingerprint density at radius 3 is 2.28 bits per heavy atom. The monoisotopic (exact) mass is 408 g/mol. The molecule has 0 aromatic heterocycles. The average Bonchev–Trinajstić information content (AvgIpc) is 2.76. The van der Waals surface area contributed by atoms with Crippen molar-refractivity contribution in [2.45, 2.75) is 6.04 Å². The summed E-state index contributed by atoms with van der Waals surface area (Å²) in [6.07, 6.45) is 0. The summed E-state index contributed by atoms with van der Waals surface area (Å²) >= 11 is 5.91. The van der Waals surface area contributed by atoms with E-state index in [2.05, 4.69) is 10.6 Å². The van der Waals surface area contributed by atoms with E-state index in [-0.39, 0.29) is 24.4 Å². The van der Waals surface area contributed by atoms with E-state index in [1.54, 1.807) is 31.4 Å². The third kappa shape index (κ3) is 5.59. The van der Waals surface area contributed by atoms with Crippen molar-refractivity contribution in [2.24, 2.45) is 0 Å². The molecule has 2 amide bonds. The summed E-state index contributed by atoms with van der Waals surface area (Å²) in [5, 5.41) is 6.07. The fraction of sp³-hybridized carbons (Fsp3) is 0.130. The first-order chi connectivity index (χ1) is 14.1. The molecule has 0 aliphatic rings. The summed E-state index contributed by atoms with van der Waals surface area (Å²) < 4.78 is 5.21. The number of ether oxygens (including phenoxy) is 1. The molecule has 0 spiro atoms. The largest absolute Gasteiger partial charge is 0.497 e. The number of hydrogen-bond acceptors (Lipinski definition) is 3. The minimum absolute atomic E-state index is 0.148. The Labute approximate surface area is 174 Å². The number of halogens is 1. The van der Waals surface area contributed by atoms with Crippen LogP contribution in [0.25, 0.3) is 0 Å². The van der Waals surface area contributed by atoms with Gasteiger partial charge >= 0.3 is 0 Å². The minimum Gasteiger partial charge on any atom is -0.497 e. The molecule has 0 saturated carbocycles. The molecule has 3 aromatic rings. The Morgan fingerprint density at radius 2 is 1.62 bits per heavy atom. The van der Waals surface area contributed by atoms with Gasteiger partial charge in [0.05, 0.1) is 19.7 Å². The van der Waals surface area contributed by atoms with Crippen LogP contribution >= 0.6 is 11.6 Å². The Morgan fingerprint density at radius 1 is 0.931 bits per heavy atom. The molecular formula is C23H21ClN2O3. The van der Waals surface area contributed by atoms with Gasteiger partial charge in [-0.1, -0.05) is 60.1 Å². The van der Waals surface area contributed by atoms with Crippen LogP contribution in [0.3, 0.4) is 0 Å². The van der Waals surface area contributed by atoms with Crippen molar-refractivity contribution in [2.75, 3.05) is 13.7 Å². The lowest BCUT2D eigenvalue weighted by molar-refractivity contribution is -0.120. The lowest BCUT2D eigenvalue weighted by Crippen LogP contribution is -2.39. The molecular weight excluding hydrogens is 388 g/mol.